The Balaban J connectivity index is 2.46. The van der Waals surface area contributed by atoms with Crippen LogP contribution in [0.15, 0.2) is 0 Å². The van der Waals surface area contributed by atoms with E-state index in [1.54, 1.807) is 0 Å². The van der Waals surface area contributed by atoms with E-state index >= 15 is 0 Å². The van der Waals surface area contributed by atoms with E-state index in [4.69, 9.17) is 23.2 Å². The fourth-order valence-corrected chi connectivity index (χ4v) is 9.84. The standard InChI is InChI=1S/C18H36Cl2N2O2Si2/c1-25(2,3)17(19)13-9-7-11-15(17)21(23)22(24)16-12-8-10-14-18(16,20)26(4,5)6/h15-16H,7-14H2,1-6H3/b22-21+/t15-,16-,17-,18-/m0/s1. The van der Waals surface area contributed by atoms with Crippen molar-refractivity contribution in [3.8, 4) is 0 Å². The monoisotopic (exact) mass is 438 g/mol. The normalized spacial score (nSPS) is 38.0. The van der Waals surface area contributed by atoms with Crippen LogP contribution in [0.5, 0.6) is 0 Å². The molecule has 8 heteroatoms. The lowest BCUT2D eigenvalue weighted by atomic mass is 9.93. The molecule has 0 aromatic carbocycles. The van der Waals surface area contributed by atoms with Gasteiger partial charge in [0.05, 0.1) is 16.1 Å². The van der Waals surface area contributed by atoms with Crippen LogP contribution in [-0.4, -0.2) is 46.9 Å². The number of azo groups is 1. The topological polar surface area (TPSA) is 52.1 Å². The van der Waals surface area contributed by atoms with Crippen molar-refractivity contribution in [1.29, 1.82) is 0 Å². The Morgan fingerprint density at radius 3 is 1.27 bits per heavy atom. The van der Waals surface area contributed by atoms with Gasteiger partial charge in [-0.1, -0.05) is 52.1 Å². The van der Waals surface area contributed by atoms with Crippen LogP contribution < -0.4 is 0 Å². The van der Waals surface area contributed by atoms with E-state index in [1.165, 1.54) is 0 Å². The van der Waals surface area contributed by atoms with Crippen molar-refractivity contribution in [2.45, 2.75) is 112 Å². The van der Waals surface area contributed by atoms with Crippen LogP contribution in [0.1, 0.15) is 51.4 Å². The minimum Gasteiger partial charge on any atom is -0.567 e. The van der Waals surface area contributed by atoms with Crippen LogP contribution >= 0.6 is 23.2 Å². The number of alkyl halides is 2. The lowest BCUT2D eigenvalue weighted by molar-refractivity contribution is -0.999. The summed E-state index contributed by atoms with van der Waals surface area (Å²) in [6.45, 7) is 13.2. The van der Waals surface area contributed by atoms with Gasteiger partial charge in [0.1, 0.15) is 8.99 Å². The van der Waals surface area contributed by atoms with Gasteiger partial charge in [-0.2, -0.15) is 0 Å². The van der Waals surface area contributed by atoms with Crippen molar-refractivity contribution in [3.05, 3.63) is 10.4 Å². The number of hydrogen-bond donors (Lipinski definition) is 0. The molecule has 2 fully saturated rings. The highest BCUT2D eigenvalue weighted by Crippen LogP contribution is 2.45. The largest absolute Gasteiger partial charge is 0.567 e. The molecule has 0 unspecified atom stereocenters. The summed E-state index contributed by atoms with van der Waals surface area (Å²) < 4.78 is -1.11. The van der Waals surface area contributed by atoms with E-state index in [9.17, 15) is 10.4 Å². The fourth-order valence-electron chi connectivity index (χ4n) is 4.83. The SMILES string of the molecule is C[Si](C)(C)[C@@]1(Cl)CCCC[C@@H]1/[N+]([O-])=[N+](\[O-])[C@H]1CCCC[C@]1(Cl)[Si](C)(C)C. The summed E-state index contributed by atoms with van der Waals surface area (Å²) in [7, 11) is -3.68. The van der Waals surface area contributed by atoms with E-state index in [2.05, 4.69) is 39.3 Å². The maximum absolute atomic E-state index is 13.3. The first-order chi connectivity index (χ1) is 11.8. The predicted octanol–water partition coefficient (Wildman–Crippen LogP) is 6.05. The van der Waals surface area contributed by atoms with Gasteiger partial charge in [0, 0.05) is 22.6 Å². The first kappa shape index (κ1) is 22.5. The molecule has 0 amide bonds. The van der Waals surface area contributed by atoms with Crippen LogP contribution in [0.4, 0.5) is 0 Å². The van der Waals surface area contributed by atoms with Crippen molar-refractivity contribution in [2.24, 2.45) is 0 Å². The van der Waals surface area contributed by atoms with Crippen molar-refractivity contribution >= 4 is 39.3 Å². The molecule has 2 saturated carbocycles. The molecular weight excluding hydrogens is 403 g/mol. The third kappa shape index (κ3) is 3.85. The van der Waals surface area contributed by atoms with Gasteiger partial charge in [0.15, 0.2) is 0 Å². The Hall–Kier alpha value is 0.214. The van der Waals surface area contributed by atoms with Crippen LogP contribution in [-0.2, 0) is 0 Å². The minimum atomic E-state index is -1.84. The van der Waals surface area contributed by atoms with Gasteiger partial charge in [-0.05, 0) is 25.7 Å². The molecule has 26 heavy (non-hydrogen) atoms. The van der Waals surface area contributed by atoms with E-state index in [0.29, 0.717) is 22.6 Å². The van der Waals surface area contributed by atoms with Crippen molar-refractivity contribution < 1.29 is 9.72 Å². The maximum Gasteiger partial charge on any atom is 0.245 e. The molecule has 0 saturated heterocycles. The third-order valence-electron chi connectivity index (χ3n) is 6.81. The number of hydrogen-bond acceptors (Lipinski definition) is 2. The fraction of sp³-hybridized carbons (Fsp3) is 1.00. The Bertz CT molecular complexity index is 514. The maximum atomic E-state index is 13.3. The van der Waals surface area contributed by atoms with Gasteiger partial charge in [0.2, 0.25) is 12.1 Å². The van der Waals surface area contributed by atoms with Crippen LogP contribution in [0.2, 0.25) is 39.3 Å². The quantitative estimate of drug-likeness (QED) is 0.176. The van der Waals surface area contributed by atoms with Crippen molar-refractivity contribution in [3.63, 3.8) is 0 Å². The average molecular weight is 440 g/mol. The molecular formula is C18H36Cl2N2O2Si2. The van der Waals surface area contributed by atoms with Crippen LogP contribution in [0, 0.1) is 10.4 Å². The van der Waals surface area contributed by atoms with Gasteiger partial charge in [-0.25, -0.2) is 0 Å². The van der Waals surface area contributed by atoms with E-state index in [-0.39, 0.29) is 0 Å². The highest BCUT2D eigenvalue weighted by molar-refractivity contribution is 6.86. The number of rotatable bonds is 4. The highest BCUT2D eigenvalue weighted by Gasteiger charge is 2.59. The van der Waals surface area contributed by atoms with Gasteiger partial charge in [-0.15, -0.1) is 23.2 Å². The van der Waals surface area contributed by atoms with Gasteiger partial charge in [-0.3, -0.25) is 0 Å². The van der Waals surface area contributed by atoms with E-state index in [0.717, 1.165) is 38.5 Å². The summed E-state index contributed by atoms with van der Waals surface area (Å²) in [5.74, 6) is 0. The summed E-state index contributed by atoms with van der Waals surface area (Å²) in [4.78, 5) is 1.41. The first-order valence-corrected chi connectivity index (χ1v) is 17.8. The summed E-state index contributed by atoms with van der Waals surface area (Å²) >= 11 is 14.2. The van der Waals surface area contributed by atoms with Crippen molar-refractivity contribution in [1.82, 2.24) is 0 Å². The Labute approximate surface area is 171 Å². The zero-order chi connectivity index (χ0) is 20.0. The molecule has 2 aliphatic rings. The molecule has 4 atom stereocenters. The Kier molecular flexibility index (Phi) is 6.54. The third-order valence-corrected chi connectivity index (χ3v) is 17.3. The van der Waals surface area contributed by atoms with E-state index < -0.39 is 37.2 Å². The second-order valence-corrected chi connectivity index (χ2v) is 23.1. The molecule has 152 valence electrons. The lowest BCUT2D eigenvalue weighted by Crippen LogP contribution is -2.64. The summed E-state index contributed by atoms with van der Waals surface area (Å²) in [5, 5.41) is 26.6. The predicted molar refractivity (Wildman–Crippen MR) is 116 cm³/mol. The Morgan fingerprint density at radius 1 is 0.692 bits per heavy atom. The zero-order valence-corrected chi connectivity index (χ0v) is 20.8. The number of nitrogens with zero attached hydrogens (tertiary/aromatic N) is 2. The second kappa shape index (κ2) is 7.56. The molecule has 0 aromatic heterocycles. The van der Waals surface area contributed by atoms with Gasteiger partial charge >= 0.3 is 0 Å². The molecule has 2 rings (SSSR count). The summed E-state index contributed by atoms with van der Waals surface area (Å²) in [6, 6.07) is -0.877. The molecule has 0 spiro atoms. The molecule has 4 nitrogen and oxygen atoms in total. The Morgan fingerprint density at radius 2 is 1.00 bits per heavy atom. The molecule has 0 N–H and O–H groups in total. The molecule has 2 aliphatic carbocycles. The van der Waals surface area contributed by atoms with Crippen LogP contribution in [0.3, 0.4) is 0 Å². The summed E-state index contributed by atoms with van der Waals surface area (Å²) in [5.41, 5.74) is 0. The van der Waals surface area contributed by atoms with Gasteiger partial charge in [0.25, 0.3) is 0 Å². The summed E-state index contributed by atoms with van der Waals surface area (Å²) in [6.07, 6.45) is 7.04. The van der Waals surface area contributed by atoms with Crippen LogP contribution in [0.25, 0.3) is 0 Å². The smallest absolute Gasteiger partial charge is 0.245 e. The minimum absolute atomic E-state index is 0.438. The highest BCUT2D eigenvalue weighted by atomic mass is 35.5. The first-order valence-electron chi connectivity index (χ1n) is 10.1. The zero-order valence-electron chi connectivity index (χ0n) is 17.3. The molecule has 0 bridgehead atoms. The van der Waals surface area contributed by atoms with Gasteiger partial charge < -0.3 is 10.4 Å². The molecule has 0 heterocycles. The second-order valence-electron chi connectivity index (χ2n) is 10.4. The molecule has 0 radical (unpaired) electrons. The lowest BCUT2D eigenvalue weighted by Gasteiger charge is -2.45. The number of halogens is 2. The van der Waals surface area contributed by atoms with E-state index in [1.807, 2.05) is 0 Å². The molecule has 0 aromatic rings. The van der Waals surface area contributed by atoms with Crippen molar-refractivity contribution in [2.75, 3.05) is 0 Å². The average Bonchev–Trinajstić information content (AvgIpc) is 2.52. The molecule has 0 aliphatic heterocycles. The number of hydroxylamine groups is 2.